The Bertz CT molecular complexity index is 548. The maximum absolute atomic E-state index is 12.2. The lowest BCUT2D eigenvalue weighted by atomic mass is 9.85. The molecule has 7 nitrogen and oxygen atoms in total. The highest BCUT2D eigenvalue weighted by atomic mass is 32.2. The van der Waals surface area contributed by atoms with Crippen LogP contribution in [0.4, 0.5) is 0 Å². The zero-order valence-electron chi connectivity index (χ0n) is 11.4. The van der Waals surface area contributed by atoms with E-state index in [1.54, 1.807) is 0 Å². The lowest BCUT2D eigenvalue weighted by Crippen LogP contribution is -2.69. The Morgan fingerprint density at radius 3 is 2.42 bits per heavy atom. The van der Waals surface area contributed by atoms with Gasteiger partial charge in [0.2, 0.25) is 0 Å². The lowest BCUT2D eigenvalue weighted by Gasteiger charge is -2.49. The summed E-state index contributed by atoms with van der Waals surface area (Å²) in [7, 11) is -2.36. The fourth-order valence-electron chi connectivity index (χ4n) is 2.85. The van der Waals surface area contributed by atoms with E-state index < -0.39 is 24.8 Å². The highest BCUT2D eigenvalue weighted by Gasteiger charge is 2.63. The van der Waals surface area contributed by atoms with Gasteiger partial charge in [0.05, 0.1) is 12.4 Å². The molecule has 0 N–H and O–H groups in total. The quantitative estimate of drug-likeness (QED) is 0.660. The van der Waals surface area contributed by atoms with E-state index in [-0.39, 0.29) is 24.8 Å². The normalized spacial score (nSPS) is 29.8. The van der Waals surface area contributed by atoms with Crippen molar-refractivity contribution in [2.24, 2.45) is 5.92 Å². The van der Waals surface area contributed by atoms with Gasteiger partial charge >= 0.3 is 0 Å². The van der Waals surface area contributed by atoms with E-state index in [0.29, 0.717) is 13.0 Å². The van der Waals surface area contributed by atoms with Crippen molar-refractivity contribution in [2.45, 2.75) is 11.2 Å². The molecule has 0 amide bonds. The molecule has 2 aliphatic rings. The maximum atomic E-state index is 12.2. The van der Waals surface area contributed by atoms with Gasteiger partial charge in [-0.05, 0) is 6.42 Å². The predicted molar refractivity (Wildman–Crippen MR) is 70.7 cm³/mol. The van der Waals surface area contributed by atoms with E-state index in [1.807, 2.05) is 0 Å². The van der Waals surface area contributed by atoms with Crippen molar-refractivity contribution in [3.63, 3.8) is 0 Å². The van der Waals surface area contributed by atoms with Crippen LogP contribution >= 0.6 is 0 Å². The first kappa shape index (κ1) is 15.2. The van der Waals surface area contributed by atoms with Gasteiger partial charge in [-0.3, -0.25) is 0 Å². The van der Waals surface area contributed by atoms with Crippen LogP contribution in [0.2, 0.25) is 0 Å². The zero-order chi connectivity index (χ0) is 14.5. The van der Waals surface area contributed by atoms with Crippen LogP contribution in [0.3, 0.4) is 0 Å². The molecule has 0 saturated carbocycles. The summed E-state index contributed by atoms with van der Waals surface area (Å²) in [5.41, 5.74) is 0. The maximum Gasteiger partial charge on any atom is 0.281 e. The van der Waals surface area contributed by atoms with Crippen LogP contribution in [0.25, 0.3) is 0 Å². The smallest absolute Gasteiger partial charge is 0.281 e. The Morgan fingerprint density at radius 1 is 1.37 bits per heavy atom. The third-order valence-corrected chi connectivity index (χ3v) is 8.58. The van der Waals surface area contributed by atoms with Crippen molar-refractivity contribution >= 4 is 20.0 Å². The number of hydrogen-bond acceptors (Lipinski definition) is 5. The molecule has 9 heteroatoms. The molecular weight excluding hydrogens is 292 g/mol. The molecule has 1 spiro atoms. The van der Waals surface area contributed by atoms with Crippen molar-refractivity contribution in [3.05, 3.63) is 0 Å². The number of rotatable bonds is 4. The Balaban J connectivity index is 2.23. The van der Waals surface area contributed by atoms with Gasteiger partial charge in [-0.1, -0.05) is 0 Å². The van der Waals surface area contributed by atoms with Crippen LogP contribution in [-0.4, -0.2) is 76.8 Å². The molecule has 1 atom stereocenters. The van der Waals surface area contributed by atoms with Gasteiger partial charge in [0.15, 0.2) is 9.84 Å². The molecule has 0 bridgehead atoms. The molecule has 0 aromatic rings. The van der Waals surface area contributed by atoms with Gasteiger partial charge in [0.1, 0.15) is 4.75 Å². The van der Waals surface area contributed by atoms with Crippen LogP contribution in [0.1, 0.15) is 6.42 Å². The summed E-state index contributed by atoms with van der Waals surface area (Å²) in [6, 6.07) is 0. The molecule has 0 radical (unpaired) electrons. The molecule has 1 unspecified atom stereocenters. The summed E-state index contributed by atoms with van der Waals surface area (Å²) in [6.07, 6.45) is 0.548. The number of nitrogens with zero attached hydrogens (tertiary/aromatic N) is 2. The Hall–Kier alpha value is -0.220. The summed E-state index contributed by atoms with van der Waals surface area (Å²) < 4.78 is 54.8. The van der Waals surface area contributed by atoms with Crippen molar-refractivity contribution < 1.29 is 21.6 Å². The summed E-state index contributed by atoms with van der Waals surface area (Å²) in [5, 5.41) is 0. The SMILES string of the molecule is COCC1CCS(=O)(=O)C12CN(S(=O)(=O)N(C)C)C2. The van der Waals surface area contributed by atoms with E-state index in [1.165, 1.54) is 25.5 Å². The summed E-state index contributed by atoms with van der Waals surface area (Å²) in [6.45, 7) is 0.447. The second-order valence-electron chi connectivity index (χ2n) is 5.38. The molecule has 2 saturated heterocycles. The zero-order valence-corrected chi connectivity index (χ0v) is 13.0. The number of ether oxygens (including phenoxy) is 1. The van der Waals surface area contributed by atoms with Crippen LogP contribution in [0.5, 0.6) is 0 Å². The third kappa shape index (κ3) is 2.11. The number of sulfone groups is 1. The van der Waals surface area contributed by atoms with Crippen LogP contribution in [0, 0.1) is 5.92 Å². The van der Waals surface area contributed by atoms with Crippen LogP contribution < -0.4 is 0 Å². The first-order chi connectivity index (χ1) is 8.67. The van der Waals surface area contributed by atoms with Crippen molar-refractivity contribution in [3.8, 4) is 0 Å². The fourth-order valence-corrected chi connectivity index (χ4v) is 6.67. The molecular formula is C10H20N2O5S2. The summed E-state index contributed by atoms with van der Waals surface area (Å²) in [4.78, 5) is 0. The standard InChI is InChI=1S/C10H20N2O5S2/c1-11(2)19(15,16)12-7-10(8-12)9(6-17-3)4-5-18(10,13)14/h9H,4-8H2,1-3H3. The molecule has 0 aromatic carbocycles. The Labute approximate surface area is 114 Å². The minimum atomic E-state index is -3.53. The minimum absolute atomic E-state index is 0.0455. The lowest BCUT2D eigenvalue weighted by molar-refractivity contribution is 0.0846. The molecule has 2 heterocycles. The van der Waals surface area contributed by atoms with Crippen LogP contribution in [0.15, 0.2) is 0 Å². The van der Waals surface area contributed by atoms with E-state index >= 15 is 0 Å². The molecule has 2 fully saturated rings. The first-order valence-corrected chi connectivity index (χ1v) is 9.11. The minimum Gasteiger partial charge on any atom is -0.384 e. The molecule has 0 aliphatic carbocycles. The summed E-state index contributed by atoms with van der Waals surface area (Å²) in [5.74, 6) is 0.00719. The van der Waals surface area contributed by atoms with Gasteiger partial charge in [-0.2, -0.15) is 17.0 Å². The van der Waals surface area contributed by atoms with Gasteiger partial charge in [0, 0.05) is 40.2 Å². The highest BCUT2D eigenvalue weighted by molar-refractivity contribution is 7.93. The van der Waals surface area contributed by atoms with Gasteiger partial charge in [0.25, 0.3) is 10.2 Å². The van der Waals surface area contributed by atoms with Gasteiger partial charge in [-0.25, -0.2) is 8.42 Å². The molecule has 2 aliphatic heterocycles. The van der Waals surface area contributed by atoms with Gasteiger partial charge < -0.3 is 4.74 Å². The van der Waals surface area contributed by atoms with E-state index in [0.717, 1.165) is 4.31 Å². The highest BCUT2D eigenvalue weighted by Crippen LogP contribution is 2.45. The van der Waals surface area contributed by atoms with E-state index in [4.69, 9.17) is 4.74 Å². The van der Waals surface area contributed by atoms with Crippen molar-refractivity contribution in [1.29, 1.82) is 0 Å². The molecule has 112 valence electrons. The predicted octanol–water partition coefficient (Wildman–Crippen LogP) is -1.07. The fraction of sp³-hybridized carbons (Fsp3) is 1.00. The average molecular weight is 312 g/mol. The first-order valence-electron chi connectivity index (χ1n) is 6.06. The van der Waals surface area contributed by atoms with E-state index in [9.17, 15) is 16.8 Å². The van der Waals surface area contributed by atoms with Crippen molar-refractivity contribution in [2.75, 3.05) is 46.7 Å². The van der Waals surface area contributed by atoms with E-state index in [2.05, 4.69) is 0 Å². The second kappa shape index (κ2) is 4.66. The molecule has 19 heavy (non-hydrogen) atoms. The van der Waals surface area contributed by atoms with Crippen LogP contribution in [-0.2, 0) is 24.8 Å². The Kier molecular flexibility index (Phi) is 3.72. The number of hydrogen-bond donors (Lipinski definition) is 0. The molecule has 0 aromatic heterocycles. The topological polar surface area (TPSA) is 84.0 Å². The van der Waals surface area contributed by atoms with Crippen molar-refractivity contribution in [1.82, 2.24) is 8.61 Å². The number of methoxy groups -OCH3 is 1. The Morgan fingerprint density at radius 2 is 1.95 bits per heavy atom. The van der Waals surface area contributed by atoms with Gasteiger partial charge in [-0.15, -0.1) is 0 Å². The average Bonchev–Trinajstić information content (AvgIpc) is 2.48. The monoisotopic (exact) mass is 312 g/mol. The molecule has 2 rings (SSSR count). The summed E-state index contributed by atoms with van der Waals surface area (Å²) >= 11 is 0. The third-order valence-electron chi connectivity index (χ3n) is 4.14. The second-order valence-corrected chi connectivity index (χ2v) is 9.98. The largest absolute Gasteiger partial charge is 0.384 e.